The number of nitrogens with zero attached hydrogens (tertiary/aromatic N) is 2. The highest BCUT2D eigenvalue weighted by Gasteiger charge is 2.23. The van der Waals surface area contributed by atoms with Crippen molar-refractivity contribution in [2.24, 2.45) is 0 Å². The highest BCUT2D eigenvalue weighted by Crippen LogP contribution is 2.39. The second kappa shape index (κ2) is 6.01. The maximum absolute atomic E-state index is 13.4. The highest BCUT2D eigenvalue weighted by molar-refractivity contribution is 9.11. The van der Waals surface area contributed by atoms with Crippen LogP contribution < -0.4 is 5.73 Å². The number of benzene rings is 1. The number of hydrogen-bond donors (Lipinski definition) is 1. The molecule has 1 heterocycles. The van der Waals surface area contributed by atoms with Gasteiger partial charge in [0.15, 0.2) is 5.82 Å². The summed E-state index contributed by atoms with van der Waals surface area (Å²) in [6, 6.07) is 4.74. The predicted molar refractivity (Wildman–Crippen MR) is 88.4 cm³/mol. The molecule has 0 radical (unpaired) electrons. The molecule has 1 aromatic heterocycles. The molecule has 1 aliphatic carbocycles. The molecule has 6 heteroatoms. The fraction of sp³-hybridized carbons (Fsp3) is 0.333. The summed E-state index contributed by atoms with van der Waals surface area (Å²) in [6.45, 7) is 0. The van der Waals surface area contributed by atoms with Crippen molar-refractivity contribution in [2.75, 3.05) is 5.73 Å². The van der Waals surface area contributed by atoms with Gasteiger partial charge in [-0.05, 0) is 62.9 Å². The molecule has 0 bridgehead atoms. The molecule has 21 heavy (non-hydrogen) atoms. The van der Waals surface area contributed by atoms with Crippen LogP contribution in [0.2, 0.25) is 0 Å². The number of nitrogens with two attached hydrogens (primary N) is 1. The van der Waals surface area contributed by atoms with Crippen LogP contribution in [0.15, 0.2) is 27.1 Å². The van der Waals surface area contributed by atoms with Gasteiger partial charge in [0.05, 0.1) is 14.6 Å². The van der Waals surface area contributed by atoms with E-state index in [-0.39, 0.29) is 5.82 Å². The number of aromatic nitrogens is 2. The first-order valence-corrected chi connectivity index (χ1v) is 8.43. The van der Waals surface area contributed by atoms with Crippen LogP contribution in [-0.4, -0.2) is 9.97 Å². The molecule has 1 fully saturated rings. The molecule has 1 aromatic carbocycles. The second-order valence-electron chi connectivity index (χ2n) is 5.24. The summed E-state index contributed by atoms with van der Waals surface area (Å²) in [6.07, 6.45) is 4.69. The van der Waals surface area contributed by atoms with Crippen LogP contribution in [-0.2, 0) is 0 Å². The molecule has 1 saturated carbocycles. The second-order valence-corrected chi connectivity index (χ2v) is 6.89. The first kappa shape index (κ1) is 14.9. The largest absolute Gasteiger partial charge is 0.383 e. The summed E-state index contributed by atoms with van der Waals surface area (Å²) in [5, 5.41) is 0. The minimum Gasteiger partial charge on any atom is -0.383 e. The first-order chi connectivity index (χ1) is 10.1. The van der Waals surface area contributed by atoms with E-state index in [1.165, 1.54) is 18.9 Å². The van der Waals surface area contributed by atoms with E-state index in [9.17, 15) is 4.39 Å². The van der Waals surface area contributed by atoms with E-state index in [0.29, 0.717) is 22.0 Å². The molecule has 0 amide bonds. The van der Waals surface area contributed by atoms with Gasteiger partial charge in [-0.15, -0.1) is 0 Å². The highest BCUT2D eigenvalue weighted by atomic mass is 79.9. The van der Waals surface area contributed by atoms with Crippen LogP contribution in [0.25, 0.3) is 11.4 Å². The third-order valence-electron chi connectivity index (χ3n) is 3.82. The van der Waals surface area contributed by atoms with Crippen molar-refractivity contribution in [1.82, 2.24) is 9.97 Å². The van der Waals surface area contributed by atoms with Crippen molar-refractivity contribution in [2.45, 2.75) is 31.6 Å². The van der Waals surface area contributed by atoms with Crippen molar-refractivity contribution in [3.8, 4) is 11.4 Å². The summed E-state index contributed by atoms with van der Waals surface area (Å²) < 4.78 is 14.5. The Morgan fingerprint density at radius 3 is 2.52 bits per heavy atom. The Labute approximate surface area is 139 Å². The Balaban J connectivity index is 2.08. The fourth-order valence-electron chi connectivity index (χ4n) is 2.72. The summed E-state index contributed by atoms with van der Waals surface area (Å²) in [5.74, 6) is 1.09. The van der Waals surface area contributed by atoms with E-state index >= 15 is 0 Å². The lowest BCUT2D eigenvalue weighted by Gasteiger charge is -2.14. The Morgan fingerprint density at radius 2 is 1.86 bits per heavy atom. The van der Waals surface area contributed by atoms with Crippen molar-refractivity contribution in [3.05, 3.63) is 38.7 Å². The smallest absolute Gasteiger partial charge is 0.161 e. The monoisotopic (exact) mass is 413 g/mol. The van der Waals surface area contributed by atoms with E-state index in [4.69, 9.17) is 5.73 Å². The molecular formula is C15H14Br2FN3. The van der Waals surface area contributed by atoms with E-state index in [0.717, 1.165) is 28.6 Å². The van der Waals surface area contributed by atoms with E-state index in [1.807, 2.05) is 0 Å². The molecule has 1 aliphatic rings. The van der Waals surface area contributed by atoms with Gasteiger partial charge in [0.25, 0.3) is 0 Å². The van der Waals surface area contributed by atoms with Crippen LogP contribution in [0, 0.1) is 5.82 Å². The van der Waals surface area contributed by atoms with Gasteiger partial charge in [-0.25, -0.2) is 14.4 Å². The van der Waals surface area contributed by atoms with Gasteiger partial charge < -0.3 is 5.73 Å². The summed E-state index contributed by atoms with van der Waals surface area (Å²) in [4.78, 5) is 9.00. The SMILES string of the molecule is Nc1nc(-c2ccc(F)c(Br)c2)nc(C2CCCC2)c1Br. The standard InChI is InChI=1S/C15H14Br2FN3/c16-10-7-9(5-6-11(10)18)15-20-13(8-3-1-2-4-8)12(17)14(19)21-15/h5-8H,1-4H2,(H2,19,20,21). The van der Waals surface area contributed by atoms with Gasteiger partial charge in [0.1, 0.15) is 11.6 Å². The third kappa shape index (κ3) is 2.97. The molecule has 2 N–H and O–H groups in total. The first-order valence-electron chi connectivity index (χ1n) is 6.84. The summed E-state index contributed by atoms with van der Waals surface area (Å²) in [5.41, 5.74) is 7.73. The number of nitrogen functional groups attached to an aromatic ring is 1. The van der Waals surface area contributed by atoms with Gasteiger partial charge in [0, 0.05) is 11.5 Å². The lowest BCUT2D eigenvalue weighted by molar-refractivity contribution is 0.621. The molecule has 0 spiro atoms. The minimum absolute atomic E-state index is 0.306. The Morgan fingerprint density at radius 1 is 1.14 bits per heavy atom. The number of anilines is 1. The van der Waals surface area contributed by atoms with Crippen LogP contribution in [0.1, 0.15) is 37.3 Å². The van der Waals surface area contributed by atoms with E-state index < -0.39 is 0 Å². The lowest BCUT2D eigenvalue weighted by atomic mass is 10.0. The lowest BCUT2D eigenvalue weighted by Crippen LogP contribution is -2.06. The maximum atomic E-state index is 13.4. The van der Waals surface area contributed by atoms with Gasteiger partial charge in [0.2, 0.25) is 0 Å². The fourth-order valence-corrected chi connectivity index (χ4v) is 3.60. The van der Waals surface area contributed by atoms with Gasteiger partial charge in [-0.2, -0.15) is 0 Å². The molecule has 2 aromatic rings. The molecule has 3 rings (SSSR count). The topological polar surface area (TPSA) is 51.8 Å². The van der Waals surface area contributed by atoms with Gasteiger partial charge in [-0.1, -0.05) is 12.8 Å². The molecule has 3 nitrogen and oxygen atoms in total. The van der Waals surface area contributed by atoms with Crippen molar-refractivity contribution in [1.29, 1.82) is 0 Å². The zero-order valence-corrected chi connectivity index (χ0v) is 14.4. The minimum atomic E-state index is -0.306. The molecule has 0 unspecified atom stereocenters. The Bertz CT molecular complexity index is 685. The third-order valence-corrected chi connectivity index (χ3v) is 5.24. The van der Waals surface area contributed by atoms with Crippen LogP contribution in [0.4, 0.5) is 10.2 Å². The van der Waals surface area contributed by atoms with Gasteiger partial charge >= 0.3 is 0 Å². The quantitative estimate of drug-likeness (QED) is 0.748. The number of hydrogen-bond acceptors (Lipinski definition) is 3. The van der Waals surface area contributed by atoms with Crippen molar-refractivity contribution < 1.29 is 4.39 Å². The molecule has 0 atom stereocenters. The van der Waals surface area contributed by atoms with Crippen LogP contribution >= 0.6 is 31.9 Å². The van der Waals surface area contributed by atoms with E-state index in [1.54, 1.807) is 12.1 Å². The average molecular weight is 415 g/mol. The van der Waals surface area contributed by atoms with Crippen molar-refractivity contribution in [3.63, 3.8) is 0 Å². The van der Waals surface area contributed by atoms with E-state index in [2.05, 4.69) is 41.8 Å². The summed E-state index contributed by atoms with van der Waals surface area (Å²) in [7, 11) is 0. The normalized spacial score (nSPS) is 15.6. The number of rotatable bonds is 2. The van der Waals surface area contributed by atoms with Crippen LogP contribution in [0.3, 0.4) is 0 Å². The maximum Gasteiger partial charge on any atom is 0.161 e. The molecular weight excluding hydrogens is 401 g/mol. The van der Waals surface area contributed by atoms with Crippen molar-refractivity contribution >= 4 is 37.7 Å². The van der Waals surface area contributed by atoms with Gasteiger partial charge in [-0.3, -0.25) is 0 Å². The van der Waals surface area contributed by atoms with Crippen LogP contribution in [0.5, 0.6) is 0 Å². The molecule has 0 aliphatic heterocycles. The zero-order valence-electron chi connectivity index (χ0n) is 11.2. The number of halogens is 3. The molecule has 110 valence electrons. The average Bonchev–Trinajstić information content (AvgIpc) is 2.98. The summed E-state index contributed by atoms with van der Waals surface area (Å²) >= 11 is 6.69. The molecule has 0 saturated heterocycles. The Kier molecular flexibility index (Phi) is 4.26. The Hall–Kier alpha value is -1.01. The predicted octanol–water partition coefficient (Wildman–Crippen LogP) is 5.05. The zero-order chi connectivity index (χ0) is 15.0.